The third kappa shape index (κ3) is 3.04. The van der Waals surface area contributed by atoms with Crippen LogP contribution < -0.4 is 5.32 Å². The Bertz CT molecular complexity index is 590. The summed E-state index contributed by atoms with van der Waals surface area (Å²) in [6.45, 7) is 2.37. The maximum Gasteiger partial charge on any atom is 0.230 e. The van der Waals surface area contributed by atoms with Crippen molar-refractivity contribution in [1.82, 2.24) is 20.1 Å². The topological polar surface area (TPSA) is 73.0 Å². The van der Waals surface area contributed by atoms with E-state index in [2.05, 4.69) is 20.1 Å². The minimum absolute atomic E-state index is 0.0330. The van der Waals surface area contributed by atoms with Crippen LogP contribution in [0.3, 0.4) is 0 Å². The molecule has 1 aliphatic rings. The van der Waals surface area contributed by atoms with Gasteiger partial charge >= 0.3 is 0 Å². The molecule has 1 aliphatic carbocycles. The van der Waals surface area contributed by atoms with Gasteiger partial charge in [-0.25, -0.2) is 0 Å². The molecule has 0 unspecified atom stereocenters. The lowest BCUT2D eigenvalue weighted by Crippen LogP contribution is -2.24. The van der Waals surface area contributed by atoms with Gasteiger partial charge in [0.1, 0.15) is 11.6 Å². The third-order valence-electron chi connectivity index (χ3n) is 3.12. The molecule has 1 amide bonds. The van der Waals surface area contributed by atoms with Crippen LogP contribution in [-0.2, 0) is 11.3 Å². The van der Waals surface area contributed by atoms with E-state index in [9.17, 15) is 4.79 Å². The summed E-state index contributed by atoms with van der Waals surface area (Å²) in [5, 5.41) is 11.9. The molecule has 0 aliphatic heterocycles. The summed E-state index contributed by atoms with van der Waals surface area (Å²) >= 11 is 1.43. The lowest BCUT2D eigenvalue weighted by atomic mass is 10.4. The highest BCUT2D eigenvalue weighted by Gasteiger charge is 2.28. The first-order valence-corrected chi connectivity index (χ1v) is 7.56. The van der Waals surface area contributed by atoms with Crippen molar-refractivity contribution in [2.45, 2.75) is 37.5 Å². The zero-order valence-electron chi connectivity index (χ0n) is 11.2. The fraction of sp³-hybridized carbons (Fsp3) is 0.462. The molecule has 0 bridgehead atoms. The van der Waals surface area contributed by atoms with Crippen molar-refractivity contribution in [3.8, 4) is 0 Å². The number of aryl methyl sites for hydroxylation is 1. The summed E-state index contributed by atoms with van der Waals surface area (Å²) in [6, 6.07) is 4.16. The highest BCUT2D eigenvalue weighted by molar-refractivity contribution is 7.99. The minimum Gasteiger partial charge on any atom is -0.467 e. The number of thioether (sulfide) groups is 1. The van der Waals surface area contributed by atoms with Crippen LogP contribution in [0.5, 0.6) is 0 Å². The van der Waals surface area contributed by atoms with Crippen LogP contribution >= 0.6 is 11.8 Å². The monoisotopic (exact) mass is 292 g/mol. The Hall–Kier alpha value is -1.76. The molecule has 6 nitrogen and oxygen atoms in total. The number of furan rings is 1. The molecule has 7 heteroatoms. The van der Waals surface area contributed by atoms with Crippen LogP contribution in [0, 0.1) is 6.92 Å². The second-order valence-electron chi connectivity index (χ2n) is 4.78. The molecule has 3 rings (SSSR count). The van der Waals surface area contributed by atoms with Gasteiger partial charge in [-0.2, -0.15) is 0 Å². The van der Waals surface area contributed by atoms with E-state index >= 15 is 0 Å². The van der Waals surface area contributed by atoms with Gasteiger partial charge in [-0.05, 0) is 31.9 Å². The largest absolute Gasteiger partial charge is 0.467 e. The Kier molecular flexibility index (Phi) is 3.77. The summed E-state index contributed by atoms with van der Waals surface area (Å²) in [7, 11) is 0. The Balaban J connectivity index is 1.50. The molecule has 1 N–H and O–H groups in total. The van der Waals surface area contributed by atoms with Crippen molar-refractivity contribution in [1.29, 1.82) is 0 Å². The first-order valence-electron chi connectivity index (χ1n) is 6.57. The average molecular weight is 292 g/mol. The molecule has 0 radical (unpaired) electrons. The number of rotatable bonds is 6. The van der Waals surface area contributed by atoms with E-state index in [0.717, 1.165) is 16.7 Å². The summed E-state index contributed by atoms with van der Waals surface area (Å²) in [5.74, 6) is 1.98. The lowest BCUT2D eigenvalue weighted by molar-refractivity contribution is -0.118. The van der Waals surface area contributed by atoms with Crippen molar-refractivity contribution < 1.29 is 9.21 Å². The molecule has 0 spiro atoms. The highest BCUT2D eigenvalue weighted by atomic mass is 32.2. The fourth-order valence-corrected chi connectivity index (χ4v) is 2.86. The zero-order chi connectivity index (χ0) is 13.9. The van der Waals surface area contributed by atoms with Crippen molar-refractivity contribution in [3.63, 3.8) is 0 Å². The molecule has 0 saturated heterocycles. The van der Waals surface area contributed by atoms with E-state index in [1.807, 2.05) is 13.0 Å². The van der Waals surface area contributed by atoms with Gasteiger partial charge in [0.05, 0.1) is 18.6 Å². The lowest BCUT2D eigenvalue weighted by Gasteiger charge is -2.06. The van der Waals surface area contributed by atoms with E-state index < -0.39 is 0 Å². The summed E-state index contributed by atoms with van der Waals surface area (Å²) < 4.78 is 7.29. The van der Waals surface area contributed by atoms with E-state index in [-0.39, 0.29) is 5.91 Å². The standard InChI is InChI=1S/C13H16N4O2S/c1-9-15-16-13(17(9)10-4-5-10)20-8-12(18)14-7-11-3-2-6-19-11/h2-3,6,10H,4-5,7-8H2,1H3,(H,14,18). The molecule has 2 aromatic heterocycles. The smallest absolute Gasteiger partial charge is 0.230 e. The molecule has 1 fully saturated rings. The fourth-order valence-electron chi connectivity index (χ4n) is 1.98. The molecule has 2 aromatic rings. The van der Waals surface area contributed by atoms with Gasteiger partial charge in [0.2, 0.25) is 5.91 Å². The first kappa shape index (κ1) is 13.2. The van der Waals surface area contributed by atoms with Crippen LogP contribution in [0.2, 0.25) is 0 Å². The molecule has 106 valence electrons. The minimum atomic E-state index is -0.0330. The zero-order valence-corrected chi connectivity index (χ0v) is 12.0. The maximum atomic E-state index is 11.8. The predicted molar refractivity (Wildman–Crippen MR) is 74.3 cm³/mol. The van der Waals surface area contributed by atoms with Crippen molar-refractivity contribution in [2.24, 2.45) is 0 Å². The van der Waals surface area contributed by atoms with Gasteiger partial charge in [-0.3, -0.25) is 4.79 Å². The van der Waals surface area contributed by atoms with Gasteiger partial charge in [-0.1, -0.05) is 11.8 Å². The molecule has 20 heavy (non-hydrogen) atoms. The van der Waals surface area contributed by atoms with E-state index in [0.29, 0.717) is 18.3 Å². The average Bonchev–Trinajstić information content (AvgIpc) is 3.00. The number of carbonyl (C=O) groups is 1. The Morgan fingerprint density at radius 3 is 3.10 bits per heavy atom. The van der Waals surface area contributed by atoms with Crippen molar-refractivity contribution in [3.05, 3.63) is 30.0 Å². The summed E-state index contributed by atoms with van der Waals surface area (Å²) in [5.41, 5.74) is 0. The van der Waals surface area contributed by atoms with Crippen LogP contribution in [0.1, 0.15) is 30.5 Å². The first-order chi connectivity index (χ1) is 9.74. The Labute approximate surface area is 120 Å². The second-order valence-corrected chi connectivity index (χ2v) is 5.72. The van der Waals surface area contributed by atoms with Crippen LogP contribution in [0.4, 0.5) is 0 Å². The van der Waals surface area contributed by atoms with Crippen molar-refractivity contribution in [2.75, 3.05) is 5.75 Å². The SMILES string of the molecule is Cc1nnc(SCC(=O)NCc2ccco2)n1C1CC1. The number of nitrogens with zero attached hydrogens (tertiary/aromatic N) is 3. The van der Waals surface area contributed by atoms with Crippen LogP contribution in [0.25, 0.3) is 0 Å². The molecular formula is C13H16N4O2S. The number of hydrogen-bond donors (Lipinski definition) is 1. The maximum absolute atomic E-state index is 11.8. The number of amides is 1. The number of hydrogen-bond acceptors (Lipinski definition) is 5. The Morgan fingerprint density at radius 1 is 1.55 bits per heavy atom. The van der Waals surface area contributed by atoms with E-state index in [1.165, 1.54) is 24.6 Å². The second kappa shape index (κ2) is 5.70. The van der Waals surface area contributed by atoms with Crippen molar-refractivity contribution >= 4 is 17.7 Å². The van der Waals surface area contributed by atoms with Gasteiger partial charge in [-0.15, -0.1) is 10.2 Å². The summed E-state index contributed by atoms with van der Waals surface area (Å²) in [6.07, 6.45) is 3.95. The van der Waals surface area contributed by atoms with E-state index in [1.54, 1.807) is 12.3 Å². The number of nitrogens with one attached hydrogen (secondary N) is 1. The van der Waals surface area contributed by atoms with E-state index in [4.69, 9.17) is 4.42 Å². The molecule has 0 aromatic carbocycles. The van der Waals surface area contributed by atoms with Crippen LogP contribution in [-0.4, -0.2) is 26.4 Å². The van der Waals surface area contributed by atoms with Gasteiger partial charge in [0.15, 0.2) is 5.16 Å². The highest BCUT2D eigenvalue weighted by Crippen LogP contribution is 2.38. The number of aromatic nitrogens is 3. The third-order valence-corrected chi connectivity index (χ3v) is 4.06. The molecular weight excluding hydrogens is 276 g/mol. The molecule has 1 saturated carbocycles. The van der Waals surface area contributed by atoms with Gasteiger partial charge in [0.25, 0.3) is 0 Å². The summed E-state index contributed by atoms with van der Waals surface area (Å²) in [4.78, 5) is 11.8. The molecule has 0 atom stereocenters. The van der Waals surface area contributed by atoms with Gasteiger partial charge in [0, 0.05) is 6.04 Å². The van der Waals surface area contributed by atoms with Gasteiger partial charge < -0.3 is 14.3 Å². The quantitative estimate of drug-likeness (QED) is 0.823. The number of carbonyl (C=O) groups excluding carboxylic acids is 1. The normalized spacial score (nSPS) is 14.4. The molecule has 2 heterocycles. The van der Waals surface area contributed by atoms with Crippen LogP contribution in [0.15, 0.2) is 28.0 Å². The predicted octanol–water partition coefficient (Wildman–Crippen LogP) is 1.92. The Morgan fingerprint density at radius 2 is 2.40 bits per heavy atom.